The first-order valence-corrected chi connectivity index (χ1v) is 5.75. The smallest absolute Gasteiger partial charge is 0.204 e. The number of thioether (sulfide) groups is 1. The molecule has 2 N–H and O–H groups in total. The molecule has 0 aliphatic carbocycles. The van der Waals surface area contributed by atoms with E-state index in [1.54, 1.807) is 25.0 Å². The molecule has 1 aromatic heterocycles. The third-order valence-corrected chi connectivity index (χ3v) is 2.63. The second-order valence-electron chi connectivity index (χ2n) is 2.75. The van der Waals surface area contributed by atoms with Crippen molar-refractivity contribution >= 4 is 17.7 Å². The van der Waals surface area contributed by atoms with Crippen molar-refractivity contribution in [2.75, 3.05) is 19.3 Å². The number of hydrogen-bond acceptors (Lipinski definition) is 4. The van der Waals surface area contributed by atoms with Crippen LogP contribution in [0.1, 0.15) is 0 Å². The van der Waals surface area contributed by atoms with E-state index in [9.17, 15) is 0 Å². The van der Waals surface area contributed by atoms with E-state index in [0.717, 1.165) is 17.3 Å². The molecule has 0 aromatic carbocycles. The van der Waals surface area contributed by atoms with Gasteiger partial charge < -0.3 is 5.32 Å². The Morgan fingerprint density at radius 2 is 2.50 bits per heavy atom. The minimum atomic E-state index is 0.490. The van der Waals surface area contributed by atoms with Crippen LogP contribution in [-0.2, 0) is 0 Å². The van der Waals surface area contributed by atoms with Crippen molar-refractivity contribution < 1.29 is 0 Å². The molecule has 0 saturated carbocycles. The summed E-state index contributed by atoms with van der Waals surface area (Å²) in [5, 5.41) is 14.9. The molecule has 0 spiro atoms. The number of nitrogens with one attached hydrogen (secondary N) is 2. The second kappa shape index (κ2) is 7.54. The molecule has 0 bridgehead atoms. The first kappa shape index (κ1) is 12.3. The lowest BCUT2D eigenvalue weighted by Crippen LogP contribution is -2.35. The Hall–Kier alpha value is -1.74. The molecule has 0 saturated heterocycles. The van der Waals surface area contributed by atoms with Gasteiger partial charge in [0.2, 0.25) is 5.96 Å². The first-order valence-electron chi connectivity index (χ1n) is 4.76. The third kappa shape index (κ3) is 4.66. The van der Waals surface area contributed by atoms with Gasteiger partial charge in [-0.25, -0.2) is 4.98 Å². The molecule has 0 aliphatic heterocycles. The summed E-state index contributed by atoms with van der Waals surface area (Å²) in [5.41, 5.74) is 0. The largest absolute Gasteiger partial charge is 0.355 e. The minimum Gasteiger partial charge on any atom is -0.355 e. The Morgan fingerprint density at radius 1 is 1.62 bits per heavy atom. The van der Waals surface area contributed by atoms with Crippen molar-refractivity contribution in [1.82, 2.24) is 15.6 Å². The Labute approximate surface area is 99.0 Å². The molecular formula is C10H13N5S. The van der Waals surface area contributed by atoms with Crippen molar-refractivity contribution in [2.24, 2.45) is 4.99 Å². The standard InChI is InChI=1S/C10H13N5S/c1-12-10(15-8-11)14-6-7-16-9-4-2-3-5-13-9/h2-5H,6-7H2,1H3,(H2,12,14,15). The van der Waals surface area contributed by atoms with Gasteiger partial charge in [-0.3, -0.25) is 10.3 Å². The van der Waals surface area contributed by atoms with Crippen LogP contribution in [0.15, 0.2) is 34.4 Å². The van der Waals surface area contributed by atoms with Crippen LogP contribution < -0.4 is 10.6 Å². The van der Waals surface area contributed by atoms with Crippen LogP contribution in [0.5, 0.6) is 0 Å². The minimum absolute atomic E-state index is 0.490. The van der Waals surface area contributed by atoms with Crippen LogP contribution in [0.3, 0.4) is 0 Å². The molecule has 16 heavy (non-hydrogen) atoms. The van der Waals surface area contributed by atoms with E-state index in [-0.39, 0.29) is 0 Å². The quantitative estimate of drug-likeness (QED) is 0.202. The van der Waals surface area contributed by atoms with Crippen LogP contribution >= 0.6 is 11.8 Å². The van der Waals surface area contributed by atoms with Gasteiger partial charge in [0.25, 0.3) is 0 Å². The summed E-state index contributed by atoms with van der Waals surface area (Å²) < 4.78 is 0. The highest BCUT2D eigenvalue weighted by Crippen LogP contribution is 2.12. The summed E-state index contributed by atoms with van der Waals surface area (Å²) in [4.78, 5) is 8.06. The maximum atomic E-state index is 8.41. The highest BCUT2D eigenvalue weighted by molar-refractivity contribution is 7.99. The van der Waals surface area contributed by atoms with E-state index < -0.39 is 0 Å². The summed E-state index contributed by atoms with van der Waals surface area (Å²) in [6.45, 7) is 0.725. The highest BCUT2D eigenvalue weighted by atomic mass is 32.2. The predicted octanol–water partition coefficient (Wildman–Crippen LogP) is 0.820. The van der Waals surface area contributed by atoms with E-state index in [2.05, 4.69) is 20.6 Å². The number of guanidine groups is 1. The topological polar surface area (TPSA) is 73.1 Å². The summed E-state index contributed by atoms with van der Waals surface area (Å²) in [6, 6.07) is 5.81. The average Bonchev–Trinajstić information content (AvgIpc) is 2.34. The second-order valence-corrected chi connectivity index (χ2v) is 3.87. The lowest BCUT2D eigenvalue weighted by atomic mass is 10.5. The number of rotatable bonds is 4. The third-order valence-electron chi connectivity index (χ3n) is 1.68. The van der Waals surface area contributed by atoms with Crippen molar-refractivity contribution in [2.45, 2.75) is 5.03 Å². The number of pyridine rings is 1. The van der Waals surface area contributed by atoms with Gasteiger partial charge in [-0.05, 0) is 12.1 Å². The summed E-state index contributed by atoms with van der Waals surface area (Å²) in [6.07, 6.45) is 3.58. The summed E-state index contributed by atoms with van der Waals surface area (Å²) >= 11 is 1.65. The van der Waals surface area contributed by atoms with E-state index in [0.29, 0.717) is 5.96 Å². The summed E-state index contributed by atoms with van der Waals surface area (Å²) in [5.74, 6) is 1.35. The average molecular weight is 235 g/mol. The van der Waals surface area contributed by atoms with Gasteiger partial charge in [-0.2, -0.15) is 5.26 Å². The fraction of sp³-hybridized carbons (Fsp3) is 0.300. The molecule has 0 aliphatic rings. The SMILES string of the molecule is CN=C(NC#N)NCCSc1ccccn1. The van der Waals surface area contributed by atoms with Crippen molar-refractivity contribution in [3.05, 3.63) is 24.4 Å². The number of hydrogen-bond donors (Lipinski definition) is 2. The maximum absolute atomic E-state index is 8.41. The van der Waals surface area contributed by atoms with Crippen LogP contribution in [0.2, 0.25) is 0 Å². The Kier molecular flexibility index (Phi) is 5.81. The van der Waals surface area contributed by atoms with Crippen LogP contribution in [0.4, 0.5) is 0 Å². The molecular weight excluding hydrogens is 222 g/mol. The van der Waals surface area contributed by atoms with Crippen LogP contribution in [0.25, 0.3) is 0 Å². The zero-order valence-electron chi connectivity index (χ0n) is 8.97. The lowest BCUT2D eigenvalue weighted by Gasteiger charge is -2.05. The van der Waals surface area contributed by atoms with Gasteiger partial charge in [0.05, 0.1) is 5.03 Å². The molecule has 1 heterocycles. The van der Waals surface area contributed by atoms with E-state index in [1.807, 2.05) is 24.4 Å². The Morgan fingerprint density at radius 3 is 3.12 bits per heavy atom. The number of nitrogens with zero attached hydrogens (tertiary/aromatic N) is 3. The van der Waals surface area contributed by atoms with Gasteiger partial charge in [0.15, 0.2) is 6.19 Å². The van der Waals surface area contributed by atoms with Gasteiger partial charge in [0, 0.05) is 25.5 Å². The molecule has 0 atom stereocenters. The predicted molar refractivity (Wildman–Crippen MR) is 65.1 cm³/mol. The first-order chi connectivity index (χ1) is 7.86. The number of aromatic nitrogens is 1. The fourth-order valence-corrected chi connectivity index (χ4v) is 1.71. The molecule has 0 radical (unpaired) electrons. The van der Waals surface area contributed by atoms with Gasteiger partial charge in [0.1, 0.15) is 0 Å². The van der Waals surface area contributed by atoms with Crippen molar-refractivity contribution in [3.63, 3.8) is 0 Å². The molecule has 1 rings (SSSR count). The number of aliphatic imine (C=N–C) groups is 1. The van der Waals surface area contributed by atoms with Gasteiger partial charge in [-0.1, -0.05) is 6.07 Å². The zero-order chi connectivity index (χ0) is 11.6. The normalized spacial score (nSPS) is 10.6. The molecule has 5 nitrogen and oxygen atoms in total. The van der Waals surface area contributed by atoms with Crippen molar-refractivity contribution in [1.29, 1.82) is 5.26 Å². The van der Waals surface area contributed by atoms with E-state index in [1.165, 1.54) is 0 Å². The Bertz CT molecular complexity index is 371. The van der Waals surface area contributed by atoms with Crippen LogP contribution in [0, 0.1) is 11.5 Å². The molecule has 0 fully saturated rings. The maximum Gasteiger partial charge on any atom is 0.204 e. The van der Waals surface area contributed by atoms with Crippen LogP contribution in [-0.4, -0.2) is 30.3 Å². The Balaban J connectivity index is 2.20. The van der Waals surface area contributed by atoms with Crippen molar-refractivity contribution in [3.8, 4) is 6.19 Å². The number of nitriles is 1. The molecule has 0 amide bonds. The van der Waals surface area contributed by atoms with Gasteiger partial charge >= 0.3 is 0 Å². The molecule has 6 heteroatoms. The molecule has 1 aromatic rings. The molecule has 84 valence electrons. The fourth-order valence-electron chi connectivity index (χ4n) is 0.990. The zero-order valence-corrected chi connectivity index (χ0v) is 9.79. The highest BCUT2D eigenvalue weighted by Gasteiger charge is 1.96. The van der Waals surface area contributed by atoms with Gasteiger partial charge in [-0.15, -0.1) is 11.8 Å². The van der Waals surface area contributed by atoms with E-state index in [4.69, 9.17) is 5.26 Å². The monoisotopic (exact) mass is 235 g/mol. The lowest BCUT2D eigenvalue weighted by molar-refractivity contribution is 0.929. The summed E-state index contributed by atoms with van der Waals surface area (Å²) in [7, 11) is 1.62. The molecule has 0 unspecified atom stereocenters. The van der Waals surface area contributed by atoms with E-state index >= 15 is 0 Å².